The summed E-state index contributed by atoms with van der Waals surface area (Å²) in [6.45, 7) is 0. The van der Waals surface area contributed by atoms with E-state index in [-0.39, 0.29) is 0 Å². The highest BCUT2D eigenvalue weighted by atomic mass is 16.4. The summed E-state index contributed by atoms with van der Waals surface area (Å²) in [6.07, 6.45) is 0. The summed E-state index contributed by atoms with van der Waals surface area (Å²) in [5.41, 5.74) is 8.50. The van der Waals surface area contributed by atoms with E-state index in [9.17, 15) is 10.0 Å². The molecular weight excluding hydrogens is 201 g/mol. The molecule has 2 rings (SSSR count). The lowest BCUT2D eigenvalue weighted by molar-refractivity contribution is 0.426. The number of benzene rings is 2. The molecule has 4 heteroatoms. The molecule has 0 saturated heterocycles. The molecule has 0 unspecified atom stereocenters. The predicted octanol–water partition coefficient (Wildman–Crippen LogP) is 0.616. The maximum absolute atomic E-state index is 9.27. The van der Waals surface area contributed by atoms with Gasteiger partial charge in [0.15, 0.2) is 0 Å². The third kappa shape index (κ3) is 1.93. The van der Waals surface area contributed by atoms with Crippen LogP contribution in [0, 0.1) is 0 Å². The molecule has 0 aromatic heterocycles. The molecule has 0 aliphatic rings. The van der Waals surface area contributed by atoms with Crippen LogP contribution in [0.4, 0.5) is 5.69 Å². The van der Waals surface area contributed by atoms with Gasteiger partial charge >= 0.3 is 7.12 Å². The van der Waals surface area contributed by atoms with Crippen molar-refractivity contribution in [3.8, 4) is 11.1 Å². The van der Waals surface area contributed by atoms with Crippen LogP contribution in [0.25, 0.3) is 11.1 Å². The molecule has 0 spiro atoms. The average Bonchev–Trinajstić information content (AvgIpc) is 2.29. The molecule has 0 bridgehead atoms. The molecule has 80 valence electrons. The zero-order valence-electron chi connectivity index (χ0n) is 8.67. The van der Waals surface area contributed by atoms with Crippen LogP contribution in [0.2, 0.25) is 0 Å². The van der Waals surface area contributed by atoms with E-state index in [0.717, 1.165) is 11.1 Å². The number of para-hydroxylation sites is 1. The molecule has 0 radical (unpaired) electrons. The van der Waals surface area contributed by atoms with E-state index in [1.165, 1.54) is 0 Å². The van der Waals surface area contributed by atoms with Gasteiger partial charge in [-0.3, -0.25) is 0 Å². The molecule has 0 aliphatic heterocycles. The molecule has 0 aliphatic carbocycles. The molecule has 0 amide bonds. The number of hydrogen-bond donors (Lipinski definition) is 3. The Balaban J connectivity index is 2.60. The fraction of sp³-hybridized carbons (Fsp3) is 0. The van der Waals surface area contributed by atoms with E-state index in [1.54, 1.807) is 18.2 Å². The number of nitrogens with two attached hydrogens (primary N) is 1. The second-order valence-corrected chi connectivity index (χ2v) is 3.55. The number of anilines is 1. The molecule has 0 fully saturated rings. The van der Waals surface area contributed by atoms with Gasteiger partial charge in [-0.1, -0.05) is 42.5 Å². The summed E-state index contributed by atoms with van der Waals surface area (Å²) in [4.78, 5) is 0. The van der Waals surface area contributed by atoms with Crippen molar-refractivity contribution >= 4 is 18.3 Å². The maximum Gasteiger partial charge on any atom is 0.489 e. The standard InChI is InChI=1S/C12H12BNO2/c14-12-8-4-2-6-10(12)9-5-1-3-7-11(9)13(15)16/h1-8,15-16H,14H2. The van der Waals surface area contributed by atoms with Crippen LogP contribution in [0.3, 0.4) is 0 Å². The predicted molar refractivity (Wildman–Crippen MR) is 66.1 cm³/mol. The smallest absolute Gasteiger partial charge is 0.423 e. The third-order valence-corrected chi connectivity index (χ3v) is 2.49. The van der Waals surface area contributed by atoms with E-state index in [0.29, 0.717) is 11.2 Å². The Kier molecular flexibility index (Phi) is 2.94. The van der Waals surface area contributed by atoms with Crippen LogP contribution in [0.5, 0.6) is 0 Å². The second-order valence-electron chi connectivity index (χ2n) is 3.55. The lowest BCUT2D eigenvalue weighted by Crippen LogP contribution is -2.31. The van der Waals surface area contributed by atoms with E-state index in [1.807, 2.05) is 30.3 Å². The van der Waals surface area contributed by atoms with Gasteiger partial charge in [-0.05, 0) is 17.1 Å². The van der Waals surface area contributed by atoms with Gasteiger partial charge in [0.1, 0.15) is 0 Å². The normalized spacial score (nSPS) is 10.1. The highest BCUT2D eigenvalue weighted by Crippen LogP contribution is 2.23. The molecule has 0 heterocycles. The van der Waals surface area contributed by atoms with Gasteiger partial charge in [0.25, 0.3) is 0 Å². The first-order valence-electron chi connectivity index (χ1n) is 5.00. The topological polar surface area (TPSA) is 66.5 Å². The highest BCUT2D eigenvalue weighted by Gasteiger charge is 2.16. The quantitative estimate of drug-likeness (QED) is 0.505. The van der Waals surface area contributed by atoms with Crippen molar-refractivity contribution in [2.24, 2.45) is 0 Å². The van der Waals surface area contributed by atoms with Crippen LogP contribution < -0.4 is 11.2 Å². The third-order valence-electron chi connectivity index (χ3n) is 2.49. The first kappa shape index (κ1) is 10.7. The second kappa shape index (κ2) is 4.39. The van der Waals surface area contributed by atoms with Crippen molar-refractivity contribution in [3.05, 3.63) is 48.5 Å². The average molecular weight is 213 g/mol. The van der Waals surface area contributed by atoms with Gasteiger partial charge in [0, 0.05) is 11.3 Å². The summed E-state index contributed by atoms with van der Waals surface area (Å²) < 4.78 is 0. The van der Waals surface area contributed by atoms with Crippen LogP contribution in [-0.4, -0.2) is 17.2 Å². The number of hydrogen-bond acceptors (Lipinski definition) is 3. The molecule has 0 saturated carbocycles. The molecule has 3 nitrogen and oxygen atoms in total. The van der Waals surface area contributed by atoms with Gasteiger partial charge in [-0.2, -0.15) is 0 Å². The zero-order valence-corrected chi connectivity index (χ0v) is 8.67. The Hall–Kier alpha value is -1.78. The summed E-state index contributed by atoms with van der Waals surface area (Å²) >= 11 is 0. The van der Waals surface area contributed by atoms with Gasteiger partial charge < -0.3 is 15.8 Å². The molecule has 4 N–H and O–H groups in total. The van der Waals surface area contributed by atoms with E-state index in [2.05, 4.69) is 0 Å². The first-order valence-corrected chi connectivity index (χ1v) is 5.00. The van der Waals surface area contributed by atoms with Crippen LogP contribution in [-0.2, 0) is 0 Å². The molecule has 2 aromatic rings. The van der Waals surface area contributed by atoms with E-state index < -0.39 is 7.12 Å². The minimum absolute atomic E-state index is 0.459. The maximum atomic E-state index is 9.27. The van der Waals surface area contributed by atoms with Crippen LogP contribution in [0.15, 0.2) is 48.5 Å². The molecule has 16 heavy (non-hydrogen) atoms. The Bertz CT molecular complexity index is 500. The Morgan fingerprint density at radius 1 is 0.812 bits per heavy atom. The summed E-state index contributed by atoms with van der Waals surface area (Å²) in [7, 11) is -1.49. The monoisotopic (exact) mass is 213 g/mol. The number of rotatable bonds is 2. The van der Waals surface area contributed by atoms with Gasteiger partial charge in [-0.15, -0.1) is 0 Å². The fourth-order valence-electron chi connectivity index (χ4n) is 1.71. The summed E-state index contributed by atoms with van der Waals surface area (Å²) in [6, 6.07) is 14.5. The van der Waals surface area contributed by atoms with Crippen molar-refractivity contribution in [3.63, 3.8) is 0 Å². The Morgan fingerprint density at radius 3 is 2.00 bits per heavy atom. The number of nitrogen functional groups attached to an aromatic ring is 1. The van der Waals surface area contributed by atoms with Crippen molar-refractivity contribution in [1.82, 2.24) is 0 Å². The van der Waals surface area contributed by atoms with Gasteiger partial charge in [-0.25, -0.2) is 0 Å². The Morgan fingerprint density at radius 2 is 1.38 bits per heavy atom. The zero-order chi connectivity index (χ0) is 11.5. The van der Waals surface area contributed by atoms with E-state index in [4.69, 9.17) is 5.73 Å². The fourth-order valence-corrected chi connectivity index (χ4v) is 1.71. The highest BCUT2D eigenvalue weighted by molar-refractivity contribution is 6.60. The summed E-state index contributed by atoms with van der Waals surface area (Å²) in [5, 5.41) is 18.5. The van der Waals surface area contributed by atoms with Crippen LogP contribution >= 0.6 is 0 Å². The molecule has 0 atom stereocenters. The van der Waals surface area contributed by atoms with Crippen molar-refractivity contribution in [2.75, 3.05) is 5.73 Å². The lowest BCUT2D eigenvalue weighted by Gasteiger charge is -2.10. The van der Waals surface area contributed by atoms with Gasteiger partial charge in [0.2, 0.25) is 0 Å². The minimum Gasteiger partial charge on any atom is -0.423 e. The van der Waals surface area contributed by atoms with Crippen molar-refractivity contribution < 1.29 is 10.0 Å². The molecular formula is C12H12BNO2. The Labute approximate surface area is 94.3 Å². The lowest BCUT2D eigenvalue weighted by atomic mass is 9.75. The van der Waals surface area contributed by atoms with Crippen molar-refractivity contribution in [1.29, 1.82) is 0 Å². The van der Waals surface area contributed by atoms with E-state index >= 15 is 0 Å². The van der Waals surface area contributed by atoms with Gasteiger partial charge in [0.05, 0.1) is 0 Å². The summed E-state index contributed by atoms with van der Waals surface area (Å²) in [5.74, 6) is 0. The first-order chi connectivity index (χ1) is 7.70. The van der Waals surface area contributed by atoms with Crippen molar-refractivity contribution in [2.45, 2.75) is 0 Å². The van der Waals surface area contributed by atoms with Crippen LogP contribution in [0.1, 0.15) is 0 Å². The SMILES string of the molecule is Nc1ccccc1-c1ccccc1B(O)O. The largest absolute Gasteiger partial charge is 0.489 e. The minimum atomic E-state index is -1.49. The molecule has 2 aromatic carbocycles.